The Labute approximate surface area is 172 Å². The second-order valence-electron chi connectivity index (χ2n) is 7.42. The molecule has 2 N–H and O–H groups in total. The molecule has 1 saturated heterocycles. The standard InChI is InChI=1S/C23H30N4O2/c1-26(18-19-10-6-7-13-21(19)27-16-8-3-9-17-27)22(28)14-15-24-23(29)25-20-11-4-2-5-12-20/h2,4-7,10-13H,3,8-9,14-18H2,1H3,(H2,24,25,29). The molecule has 0 aromatic heterocycles. The predicted octanol–water partition coefficient (Wildman–Crippen LogP) is 3.85. The van der Waals surface area contributed by atoms with Crippen LogP contribution in [-0.2, 0) is 11.3 Å². The van der Waals surface area contributed by atoms with E-state index in [-0.39, 0.29) is 18.4 Å². The van der Waals surface area contributed by atoms with Gasteiger partial charge in [-0.2, -0.15) is 0 Å². The Balaban J connectivity index is 1.46. The van der Waals surface area contributed by atoms with Gasteiger partial charge in [0.15, 0.2) is 0 Å². The minimum absolute atomic E-state index is 0.0125. The number of piperidine rings is 1. The van der Waals surface area contributed by atoms with Crippen molar-refractivity contribution < 1.29 is 9.59 Å². The fraction of sp³-hybridized carbons (Fsp3) is 0.391. The van der Waals surface area contributed by atoms with E-state index < -0.39 is 0 Å². The van der Waals surface area contributed by atoms with E-state index in [1.807, 2.05) is 43.4 Å². The predicted molar refractivity (Wildman–Crippen MR) is 117 cm³/mol. The first-order valence-corrected chi connectivity index (χ1v) is 10.3. The maximum Gasteiger partial charge on any atom is 0.319 e. The fourth-order valence-corrected chi connectivity index (χ4v) is 3.60. The van der Waals surface area contributed by atoms with E-state index >= 15 is 0 Å². The van der Waals surface area contributed by atoms with Crippen molar-refractivity contribution in [1.82, 2.24) is 10.2 Å². The van der Waals surface area contributed by atoms with Gasteiger partial charge in [0.05, 0.1) is 0 Å². The van der Waals surface area contributed by atoms with Crippen LogP contribution in [-0.4, -0.2) is 43.5 Å². The number of anilines is 2. The minimum atomic E-state index is -0.304. The molecule has 0 aliphatic carbocycles. The molecule has 0 radical (unpaired) electrons. The van der Waals surface area contributed by atoms with Crippen LogP contribution < -0.4 is 15.5 Å². The molecule has 0 unspecified atom stereocenters. The van der Waals surface area contributed by atoms with Gasteiger partial charge in [0.25, 0.3) is 0 Å². The number of urea groups is 1. The maximum absolute atomic E-state index is 12.5. The molecule has 1 aliphatic heterocycles. The summed E-state index contributed by atoms with van der Waals surface area (Å²) in [6.45, 7) is 3.03. The van der Waals surface area contributed by atoms with Crippen molar-refractivity contribution in [2.45, 2.75) is 32.2 Å². The van der Waals surface area contributed by atoms with Crippen LogP contribution in [0.25, 0.3) is 0 Å². The second kappa shape index (κ2) is 10.5. The first-order valence-electron chi connectivity index (χ1n) is 10.3. The van der Waals surface area contributed by atoms with Gasteiger partial charge in [0, 0.05) is 51.0 Å². The zero-order chi connectivity index (χ0) is 20.5. The van der Waals surface area contributed by atoms with Crippen LogP contribution in [0.1, 0.15) is 31.2 Å². The first-order chi connectivity index (χ1) is 14.1. The van der Waals surface area contributed by atoms with Crippen LogP contribution in [0.2, 0.25) is 0 Å². The lowest BCUT2D eigenvalue weighted by molar-refractivity contribution is -0.130. The highest BCUT2D eigenvalue weighted by Crippen LogP contribution is 2.25. The number of carbonyl (C=O) groups is 2. The molecule has 0 atom stereocenters. The Bertz CT molecular complexity index is 804. The summed E-state index contributed by atoms with van der Waals surface area (Å²) in [5.74, 6) is 0.0125. The highest BCUT2D eigenvalue weighted by molar-refractivity contribution is 5.89. The average Bonchev–Trinajstić information content (AvgIpc) is 2.75. The molecule has 0 saturated carbocycles. The SMILES string of the molecule is CN(Cc1ccccc1N1CCCCC1)C(=O)CCNC(=O)Nc1ccccc1. The topological polar surface area (TPSA) is 64.7 Å². The largest absolute Gasteiger partial charge is 0.371 e. The number of benzene rings is 2. The molecule has 154 valence electrons. The van der Waals surface area contributed by atoms with Crippen molar-refractivity contribution in [1.29, 1.82) is 0 Å². The number of amides is 3. The summed E-state index contributed by atoms with van der Waals surface area (Å²) in [6.07, 6.45) is 4.01. The molecule has 3 amide bonds. The maximum atomic E-state index is 12.5. The van der Waals surface area contributed by atoms with Crippen LogP contribution in [0.3, 0.4) is 0 Å². The molecular formula is C23H30N4O2. The quantitative estimate of drug-likeness (QED) is 0.750. The summed E-state index contributed by atoms with van der Waals surface area (Å²) in [7, 11) is 1.82. The summed E-state index contributed by atoms with van der Waals surface area (Å²) in [5.41, 5.74) is 3.12. The van der Waals surface area contributed by atoms with Gasteiger partial charge in [-0.1, -0.05) is 36.4 Å². The Morgan fingerprint density at radius 1 is 0.966 bits per heavy atom. The first kappa shape index (κ1) is 20.7. The van der Waals surface area contributed by atoms with E-state index in [9.17, 15) is 9.59 Å². The lowest BCUT2D eigenvalue weighted by Crippen LogP contribution is -2.34. The van der Waals surface area contributed by atoms with Gasteiger partial charge in [-0.25, -0.2) is 4.79 Å². The summed E-state index contributed by atoms with van der Waals surface area (Å²) >= 11 is 0. The molecule has 3 rings (SSSR count). The third kappa shape index (κ3) is 6.24. The molecule has 0 spiro atoms. The normalized spacial score (nSPS) is 13.6. The Hall–Kier alpha value is -3.02. The third-order valence-corrected chi connectivity index (χ3v) is 5.18. The molecule has 2 aromatic carbocycles. The van der Waals surface area contributed by atoms with Gasteiger partial charge in [-0.05, 0) is 43.0 Å². The number of rotatable bonds is 7. The summed E-state index contributed by atoms with van der Waals surface area (Å²) < 4.78 is 0. The van der Waals surface area contributed by atoms with Gasteiger partial charge in [-0.15, -0.1) is 0 Å². The molecule has 1 aliphatic rings. The number of hydrogen-bond acceptors (Lipinski definition) is 3. The molecule has 29 heavy (non-hydrogen) atoms. The van der Waals surface area contributed by atoms with Crippen LogP contribution in [0.4, 0.5) is 16.2 Å². The molecule has 2 aromatic rings. The van der Waals surface area contributed by atoms with Gasteiger partial charge < -0.3 is 20.4 Å². The van der Waals surface area contributed by atoms with Crippen molar-refractivity contribution in [3.05, 3.63) is 60.2 Å². The summed E-state index contributed by atoms with van der Waals surface area (Å²) in [4.78, 5) is 28.6. The lowest BCUT2D eigenvalue weighted by atomic mass is 10.1. The van der Waals surface area contributed by atoms with Gasteiger partial charge in [-0.3, -0.25) is 4.79 Å². The third-order valence-electron chi connectivity index (χ3n) is 5.18. The highest BCUT2D eigenvalue weighted by atomic mass is 16.2. The minimum Gasteiger partial charge on any atom is -0.371 e. The van der Waals surface area contributed by atoms with E-state index in [0.29, 0.717) is 13.1 Å². The van der Waals surface area contributed by atoms with E-state index in [1.54, 1.807) is 4.90 Å². The monoisotopic (exact) mass is 394 g/mol. The zero-order valence-electron chi connectivity index (χ0n) is 17.1. The Kier molecular flexibility index (Phi) is 7.50. The second-order valence-corrected chi connectivity index (χ2v) is 7.42. The summed E-state index contributed by atoms with van der Waals surface area (Å²) in [6, 6.07) is 17.3. The van der Waals surface area contributed by atoms with Crippen molar-refractivity contribution in [2.75, 3.05) is 36.9 Å². The number of nitrogens with zero attached hydrogens (tertiary/aromatic N) is 2. The number of hydrogen-bond donors (Lipinski definition) is 2. The fourth-order valence-electron chi connectivity index (χ4n) is 3.60. The van der Waals surface area contributed by atoms with Crippen LogP contribution >= 0.6 is 0 Å². The molecule has 6 nitrogen and oxygen atoms in total. The number of carbonyl (C=O) groups excluding carboxylic acids is 2. The van der Waals surface area contributed by atoms with Gasteiger partial charge >= 0.3 is 6.03 Å². The lowest BCUT2D eigenvalue weighted by Gasteiger charge is -2.31. The Morgan fingerprint density at radius 2 is 1.66 bits per heavy atom. The van der Waals surface area contributed by atoms with Crippen molar-refractivity contribution >= 4 is 23.3 Å². The van der Waals surface area contributed by atoms with Crippen LogP contribution in [0.15, 0.2) is 54.6 Å². The van der Waals surface area contributed by atoms with Gasteiger partial charge in [0.2, 0.25) is 5.91 Å². The van der Waals surface area contributed by atoms with Crippen molar-refractivity contribution in [3.63, 3.8) is 0 Å². The zero-order valence-corrected chi connectivity index (χ0v) is 17.1. The molecule has 1 fully saturated rings. The number of nitrogens with one attached hydrogen (secondary N) is 2. The van der Waals surface area contributed by atoms with Gasteiger partial charge in [0.1, 0.15) is 0 Å². The summed E-state index contributed by atoms with van der Waals surface area (Å²) in [5, 5.41) is 5.49. The molecular weight excluding hydrogens is 364 g/mol. The van der Waals surface area contributed by atoms with Crippen LogP contribution in [0, 0.1) is 0 Å². The van der Waals surface area contributed by atoms with Crippen molar-refractivity contribution in [2.24, 2.45) is 0 Å². The van der Waals surface area contributed by atoms with Crippen molar-refractivity contribution in [3.8, 4) is 0 Å². The van der Waals surface area contributed by atoms with E-state index in [2.05, 4.69) is 33.7 Å². The Morgan fingerprint density at radius 3 is 2.41 bits per heavy atom. The average molecular weight is 395 g/mol. The van der Waals surface area contributed by atoms with E-state index in [4.69, 9.17) is 0 Å². The molecule has 6 heteroatoms. The highest BCUT2D eigenvalue weighted by Gasteiger charge is 2.16. The van der Waals surface area contributed by atoms with E-state index in [0.717, 1.165) is 18.8 Å². The smallest absolute Gasteiger partial charge is 0.319 e. The molecule has 1 heterocycles. The van der Waals surface area contributed by atoms with Crippen LogP contribution in [0.5, 0.6) is 0 Å². The van der Waals surface area contributed by atoms with E-state index in [1.165, 1.54) is 30.5 Å². The number of para-hydroxylation sites is 2. The molecule has 0 bridgehead atoms.